The zero-order chi connectivity index (χ0) is 20.9. The van der Waals surface area contributed by atoms with E-state index in [1.165, 1.54) is 22.4 Å². The maximum Gasteiger partial charge on any atom is 0.251 e. The maximum atomic E-state index is 13.1. The molecule has 0 radical (unpaired) electrons. The Balaban J connectivity index is 1.43. The zero-order valence-electron chi connectivity index (χ0n) is 16.8. The summed E-state index contributed by atoms with van der Waals surface area (Å²) >= 11 is 1.74. The van der Waals surface area contributed by atoms with Gasteiger partial charge in [0.25, 0.3) is 5.91 Å². The fraction of sp³-hybridized carbons (Fsp3) is 0.160. The van der Waals surface area contributed by atoms with Gasteiger partial charge in [-0.1, -0.05) is 48.0 Å². The summed E-state index contributed by atoms with van der Waals surface area (Å²) in [6, 6.07) is 22.5. The number of amides is 1. The Bertz CT molecular complexity index is 1150. The molecule has 1 N–H and O–H groups in total. The van der Waals surface area contributed by atoms with Gasteiger partial charge in [-0.25, -0.2) is 4.39 Å². The largest absolute Gasteiger partial charge is 0.350 e. The summed E-state index contributed by atoms with van der Waals surface area (Å²) < 4.78 is 15.3. The fourth-order valence-corrected chi connectivity index (χ4v) is 4.40. The second-order valence-electron chi connectivity index (χ2n) is 7.24. The summed E-state index contributed by atoms with van der Waals surface area (Å²) in [7, 11) is 0. The molecule has 5 heteroatoms. The lowest BCUT2D eigenvalue weighted by Crippen LogP contribution is -2.27. The van der Waals surface area contributed by atoms with Crippen LogP contribution in [-0.2, 0) is 12.3 Å². The first kappa shape index (κ1) is 20.2. The number of aromatic nitrogens is 1. The van der Waals surface area contributed by atoms with E-state index in [-0.39, 0.29) is 11.7 Å². The SMILES string of the molecule is Cc1ccc(C(=O)NCCn2cc(SCc3ccc(F)cc3)c3ccccc32)cc1. The predicted molar refractivity (Wildman–Crippen MR) is 121 cm³/mol. The predicted octanol–water partition coefficient (Wildman–Crippen LogP) is 5.81. The molecule has 0 aliphatic rings. The van der Waals surface area contributed by atoms with Gasteiger partial charge < -0.3 is 9.88 Å². The highest BCUT2D eigenvalue weighted by Crippen LogP contribution is 2.32. The van der Waals surface area contributed by atoms with Crippen molar-refractivity contribution < 1.29 is 9.18 Å². The van der Waals surface area contributed by atoms with Crippen LogP contribution >= 0.6 is 11.8 Å². The highest BCUT2D eigenvalue weighted by molar-refractivity contribution is 7.98. The van der Waals surface area contributed by atoms with Gasteiger partial charge in [-0.3, -0.25) is 4.79 Å². The van der Waals surface area contributed by atoms with Gasteiger partial charge in [-0.2, -0.15) is 0 Å². The molecule has 1 aromatic heterocycles. The van der Waals surface area contributed by atoms with Crippen molar-refractivity contribution in [3.63, 3.8) is 0 Å². The number of nitrogens with zero attached hydrogens (tertiary/aromatic N) is 1. The standard InChI is InChI=1S/C25H23FN2OS/c1-18-6-10-20(11-7-18)25(29)27-14-15-28-16-24(22-4-2-3-5-23(22)28)30-17-19-8-12-21(26)13-9-19/h2-13,16H,14-15,17H2,1H3,(H,27,29). The molecule has 0 saturated heterocycles. The van der Waals surface area contributed by atoms with E-state index < -0.39 is 0 Å². The number of aryl methyl sites for hydroxylation is 1. The molecule has 0 aliphatic heterocycles. The quantitative estimate of drug-likeness (QED) is 0.384. The number of halogens is 1. The molecule has 0 fully saturated rings. The number of fused-ring (bicyclic) bond motifs is 1. The molecule has 0 bridgehead atoms. The van der Waals surface area contributed by atoms with Crippen LogP contribution in [0, 0.1) is 12.7 Å². The van der Waals surface area contributed by atoms with Crippen molar-refractivity contribution in [2.24, 2.45) is 0 Å². The number of nitrogens with one attached hydrogen (secondary N) is 1. The van der Waals surface area contributed by atoms with Gasteiger partial charge in [0.15, 0.2) is 0 Å². The number of rotatable bonds is 7. The second kappa shape index (κ2) is 9.18. The van der Waals surface area contributed by atoms with Crippen LogP contribution in [0.15, 0.2) is 83.9 Å². The van der Waals surface area contributed by atoms with Gasteiger partial charge in [-0.15, -0.1) is 11.8 Å². The van der Waals surface area contributed by atoms with Crippen LogP contribution in [0.25, 0.3) is 10.9 Å². The molecule has 3 aromatic carbocycles. The molecule has 1 heterocycles. The van der Waals surface area contributed by atoms with E-state index in [1.807, 2.05) is 55.5 Å². The molecular weight excluding hydrogens is 395 g/mol. The average molecular weight is 419 g/mol. The van der Waals surface area contributed by atoms with Crippen molar-refractivity contribution in [2.45, 2.75) is 24.1 Å². The number of hydrogen-bond acceptors (Lipinski definition) is 2. The lowest BCUT2D eigenvalue weighted by Gasteiger charge is -2.08. The van der Waals surface area contributed by atoms with Gasteiger partial charge in [-0.05, 0) is 42.8 Å². The van der Waals surface area contributed by atoms with E-state index in [1.54, 1.807) is 11.8 Å². The van der Waals surface area contributed by atoms with E-state index in [0.717, 1.165) is 22.4 Å². The molecular formula is C25H23FN2OS. The van der Waals surface area contributed by atoms with Crippen LogP contribution in [-0.4, -0.2) is 17.0 Å². The van der Waals surface area contributed by atoms with Gasteiger partial charge in [0.2, 0.25) is 0 Å². The topological polar surface area (TPSA) is 34.0 Å². The molecule has 0 unspecified atom stereocenters. The molecule has 4 rings (SSSR count). The van der Waals surface area contributed by atoms with Gasteiger partial charge in [0.05, 0.1) is 0 Å². The van der Waals surface area contributed by atoms with Crippen molar-refractivity contribution in [3.05, 3.63) is 102 Å². The monoisotopic (exact) mass is 418 g/mol. The molecule has 0 atom stereocenters. The van der Waals surface area contributed by atoms with Crippen LogP contribution < -0.4 is 5.32 Å². The van der Waals surface area contributed by atoms with Crippen LogP contribution in [0.5, 0.6) is 0 Å². The highest BCUT2D eigenvalue weighted by atomic mass is 32.2. The van der Waals surface area contributed by atoms with Gasteiger partial charge in [0, 0.05) is 46.4 Å². The number of hydrogen-bond donors (Lipinski definition) is 1. The number of carbonyl (C=O) groups is 1. The fourth-order valence-electron chi connectivity index (χ4n) is 3.35. The third kappa shape index (κ3) is 4.74. The highest BCUT2D eigenvalue weighted by Gasteiger charge is 2.10. The Morgan fingerprint density at radius 3 is 2.50 bits per heavy atom. The Hall–Kier alpha value is -3.05. The molecule has 152 valence electrons. The van der Waals surface area contributed by atoms with Crippen LogP contribution in [0.4, 0.5) is 4.39 Å². The molecule has 1 amide bonds. The van der Waals surface area contributed by atoms with Crippen molar-refractivity contribution >= 4 is 28.6 Å². The van der Waals surface area contributed by atoms with E-state index in [9.17, 15) is 9.18 Å². The number of para-hydroxylation sites is 1. The normalized spacial score (nSPS) is 11.0. The van der Waals surface area contributed by atoms with Crippen LogP contribution in [0.3, 0.4) is 0 Å². The Kier molecular flexibility index (Phi) is 6.19. The second-order valence-corrected chi connectivity index (χ2v) is 8.26. The van der Waals surface area contributed by atoms with E-state index >= 15 is 0 Å². The van der Waals surface area contributed by atoms with Crippen LogP contribution in [0.1, 0.15) is 21.5 Å². The summed E-state index contributed by atoms with van der Waals surface area (Å²) in [5, 5.41) is 4.19. The summed E-state index contributed by atoms with van der Waals surface area (Å²) in [5.74, 6) is 0.503. The van der Waals surface area contributed by atoms with Gasteiger partial charge >= 0.3 is 0 Å². The Morgan fingerprint density at radius 2 is 1.73 bits per heavy atom. The maximum absolute atomic E-state index is 13.1. The summed E-state index contributed by atoms with van der Waals surface area (Å²) in [6.07, 6.45) is 2.14. The van der Waals surface area contributed by atoms with Crippen molar-refractivity contribution in [3.8, 4) is 0 Å². The number of thioether (sulfide) groups is 1. The van der Waals surface area contributed by atoms with Crippen molar-refractivity contribution in [2.75, 3.05) is 6.54 Å². The summed E-state index contributed by atoms with van der Waals surface area (Å²) in [5.41, 5.74) is 4.04. The minimum absolute atomic E-state index is 0.0580. The third-order valence-electron chi connectivity index (χ3n) is 5.01. The summed E-state index contributed by atoms with van der Waals surface area (Å²) in [4.78, 5) is 13.5. The molecule has 30 heavy (non-hydrogen) atoms. The number of carbonyl (C=O) groups excluding carboxylic acids is 1. The lowest BCUT2D eigenvalue weighted by atomic mass is 10.1. The Labute approximate surface area is 179 Å². The number of benzene rings is 3. The average Bonchev–Trinajstić information content (AvgIpc) is 3.12. The lowest BCUT2D eigenvalue weighted by molar-refractivity contribution is 0.0952. The van der Waals surface area contributed by atoms with Gasteiger partial charge in [0.1, 0.15) is 5.82 Å². The van der Waals surface area contributed by atoms with E-state index in [4.69, 9.17) is 0 Å². The Morgan fingerprint density at radius 1 is 1.00 bits per heavy atom. The first-order valence-electron chi connectivity index (χ1n) is 9.90. The first-order chi connectivity index (χ1) is 14.6. The third-order valence-corrected chi connectivity index (χ3v) is 6.13. The minimum Gasteiger partial charge on any atom is -0.350 e. The molecule has 0 saturated carbocycles. The summed E-state index contributed by atoms with van der Waals surface area (Å²) in [6.45, 7) is 3.24. The molecule has 0 aliphatic carbocycles. The molecule has 4 aromatic rings. The van der Waals surface area contributed by atoms with Crippen molar-refractivity contribution in [1.82, 2.24) is 9.88 Å². The van der Waals surface area contributed by atoms with E-state index in [0.29, 0.717) is 18.7 Å². The zero-order valence-corrected chi connectivity index (χ0v) is 17.6. The molecule has 0 spiro atoms. The molecule has 3 nitrogen and oxygen atoms in total. The smallest absolute Gasteiger partial charge is 0.251 e. The minimum atomic E-state index is -0.215. The van der Waals surface area contributed by atoms with Crippen molar-refractivity contribution in [1.29, 1.82) is 0 Å². The first-order valence-corrected chi connectivity index (χ1v) is 10.9. The van der Waals surface area contributed by atoms with E-state index in [2.05, 4.69) is 28.2 Å². The van der Waals surface area contributed by atoms with Crippen LogP contribution in [0.2, 0.25) is 0 Å².